The van der Waals surface area contributed by atoms with Crippen molar-refractivity contribution in [1.29, 1.82) is 0 Å². The van der Waals surface area contributed by atoms with Gasteiger partial charge in [-0.1, -0.05) is 6.07 Å². The second-order valence-electron chi connectivity index (χ2n) is 6.64. The minimum Gasteiger partial charge on any atom is -0.454 e. The molecular formula is C20H19N5O4S2. The molecule has 9 nitrogen and oxygen atoms in total. The maximum absolute atomic E-state index is 12.4. The Kier molecular flexibility index (Phi) is 5.87. The van der Waals surface area contributed by atoms with Crippen LogP contribution in [0.25, 0.3) is 0 Å². The Morgan fingerprint density at radius 3 is 2.52 bits per heavy atom. The van der Waals surface area contributed by atoms with Crippen LogP contribution in [-0.4, -0.2) is 30.3 Å². The van der Waals surface area contributed by atoms with Gasteiger partial charge in [-0.25, -0.2) is 23.1 Å². The molecule has 0 saturated carbocycles. The summed E-state index contributed by atoms with van der Waals surface area (Å²) in [5.74, 6) is 1.43. The minimum absolute atomic E-state index is 0.00702. The molecule has 1 atom stereocenters. The highest BCUT2D eigenvalue weighted by Crippen LogP contribution is 2.34. The predicted molar refractivity (Wildman–Crippen MR) is 120 cm³/mol. The van der Waals surface area contributed by atoms with E-state index in [9.17, 15) is 8.42 Å². The zero-order chi connectivity index (χ0) is 21.8. The summed E-state index contributed by atoms with van der Waals surface area (Å²) in [6.45, 7) is 2.19. The average Bonchev–Trinajstić information content (AvgIpc) is 3.22. The van der Waals surface area contributed by atoms with Crippen molar-refractivity contribution in [2.75, 3.05) is 16.8 Å². The Morgan fingerprint density at radius 1 is 1.06 bits per heavy atom. The lowest BCUT2D eigenvalue weighted by Crippen LogP contribution is -2.30. The van der Waals surface area contributed by atoms with Crippen molar-refractivity contribution >= 4 is 39.0 Å². The Balaban J connectivity index is 1.36. The van der Waals surface area contributed by atoms with E-state index in [1.807, 2.05) is 25.1 Å². The van der Waals surface area contributed by atoms with Crippen molar-refractivity contribution in [2.45, 2.75) is 17.9 Å². The number of aromatic nitrogens is 2. The molecule has 1 aliphatic heterocycles. The third-order valence-electron chi connectivity index (χ3n) is 4.46. The van der Waals surface area contributed by atoms with Crippen molar-refractivity contribution in [3.63, 3.8) is 0 Å². The van der Waals surface area contributed by atoms with Gasteiger partial charge in [0.1, 0.15) is 0 Å². The van der Waals surface area contributed by atoms with Crippen molar-refractivity contribution in [2.24, 2.45) is 0 Å². The van der Waals surface area contributed by atoms with Crippen LogP contribution in [0.2, 0.25) is 0 Å². The molecule has 2 heterocycles. The van der Waals surface area contributed by atoms with E-state index in [-0.39, 0.29) is 23.7 Å². The van der Waals surface area contributed by atoms with Gasteiger partial charge in [-0.05, 0) is 67.2 Å². The molecule has 0 saturated heterocycles. The molecule has 0 fully saturated rings. The average molecular weight is 458 g/mol. The Hall–Kier alpha value is -3.44. The summed E-state index contributed by atoms with van der Waals surface area (Å²) in [5, 5.41) is 6.64. The van der Waals surface area contributed by atoms with E-state index < -0.39 is 10.0 Å². The van der Waals surface area contributed by atoms with Gasteiger partial charge >= 0.3 is 0 Å². The van der Waals surface area contributed by atoms with Gasteiger partial charge in [0.2, 0.25) is 12.7 Å². The fraction of sp³-hybridized carbons (Fsp3) is 0.150. The first kappa shape index (κ1) is 20.8. The van der Waals surface area contributed by atoms with Crippen molar-refractivity contribution < 1.29 is 17.9 Å². The summed E-state index contributed by atoms with van der Waals surface area (Å²) >= 11 is 5.38. The van der Waals surface area contributed by atoms with Crippen molar-refractivity contribution in [3.8, 4) is 11.5 Å². The highest BCUT2D eigenvalue weighted by atomic mass is 32.2. The van der Waals surface area contributed by atoms with E-state index in [0.717, 1.165) is 11.3 Å². The lowest BCUT2D eigenvalue weighted by molar-refractivity contribution is 0.174. The summed E-state index contributed by atoms with van der Waals surface area (Å²) in [5.41, 5.74) is 1.63. The lowest BCUT2D eigenvalue weighted by Gasteiger charge is -2.18. The number of fused-ring (bicyclic) bond motifs is 1. The molecule has 4 rings (SSSR count). The van der Waals surface area contributed by atoms with E-state index in [4.69, 9.17) is 21.7 Å². The summed E-state index contributed by atoms with van der Waals surface area (Å²) in [6, 6.07) is 13.4. The van der Waals surface area contributed by atoms with E-state index in [2.05, 4.69) is 25.3 Å². The summed E-state index contributed by atoms with van der Waals surface area (Å²) in [7, 11) is -3.79. The van der Waals surface area contributed by atoms with Crippen molar-refractivity contribution in [3.05, 3.63) is 66.5 Å². The molecule has 0 aliphatic carbocycles. The van der Waals surface area contributed by atoms with Gasteiger partial charge in [-0.15, -0.1) is 0 Å². The SMILES string of the molecule is CC(NC(=S)Nc1ccc(S(=O)(=O)Nc2ncccn2)cc1)c1ccc2c(c1)OCO2. The molecule has 31 heavy (non-hydrogen) atoms. The van der Waals surface area contributed by atoms with Gasteiger partial charge in [-0.3, -0.25) is 0 Å². The molecule has 2 aromatic carbocycles. The normalized spacial score (nSPS) is 13.3. The van der Waals surface area contributed by atoms with Crippen LogP contribution in [0.15, 0.2) is 65.8 Å². The second-order valence-corrected chi connectivity index (χ2v) is 8.73. The fourth-order valence-electron chi connectivity index (χ4n) is 2.88. The summed E-state index contributed by atoms with van der Waals surface area (Å²) in [4.78, 5) is 7.81. The standard InChI is InChI=1S/C20H19N5O4S2/c1-13(14-3-8-17-18(11-14)29-12-28-17)23-20(30)24-15-4-6-16(7-5-15)31(26,27)25-19-21-9-2-10-22-19/h2-11,13H,12H2,1H3,(H,21,22,25)(H2,23,24,30). The lowest BCUT2D eigenvalue weighted by atomic mass is 10.1. The Labute approximate surface area is 184 Å². The highest BCUT2D eigenvalue weighted by Gasteiger charge is 2.17. The third-order valence-corrected chi connectivity index (χ3v) is 6.02. The topological polar surface area (TPSA) is 114 Å². The quantitative estimate of drug-likeness (QED) is 0.481. The molecule has 1 aromatic heterocycles. The molecule has 160 valence electrons. The number of rotatable bonds is 6. The molecule has 11 heteroatoms. The number of ether oxygens (including phenoxy) is 2. The molecular weight excluding hydrogens is 438 g/mol. The number of nitrogens with zero attached hydrogens (tertiary/aromatic N) is 2. The van der Waals surface area contributed by atoms with Gasteiger partial charge < -0.3 is 20.1 Å². The van der Waals surface area contributed by atoms with Crippen LogP contribution < -0.4 is 24.8 Å². The van der Waals surface area contributed by atoms with Crippen molar-refractivity contribution in [1.82, 2.24) is 15.3 Å². The van der Waals surface area contributed by atoms with Crippen LogP contribution in [0.1, 0.15) is 18.5 Å². The van der Waals surface area contributed by atoms with Crippen LogP contribution in [0.3, 0.4) is 0 Å². The Morgan fingerprint density at radius 2 is 1.77 bits per heavy atom. The van der Waals surface area contributed by atoms with E-state index in [0.29, 0.717) is 16.5 Å². The molecule has 1 aliphatic rings. The first-order chi connectivity index (χ1) is 14.9. The van der Waals surface area contributed by atoms with Crippen LogP contribution in [-0.2, 0) is 10.0 Å². The van der Waals surface area contributed by atoms with E-state index in [1.165, 1.54) is 24.5 Å². The molecule has 0 amide bonds. The first-order valence-corrected chi connectivity index (χ1v) is 11.2. The van der Waals surface area contributed by atoms with Gasteiger partial charge in [0.05, 0.1) is 10.9 Å². The largest absolute Gasteiger partial charge is 0.454 e. The van der Waals surface area contributed by atoms with Gasteiger partial charge in [-0.2, -0.15) is 0 Å². The summed E-state index contributed by atoms with van der Waals surface area (Å²) < 4.78 is 38.0. The molecule has 0 bridgehead atoms. The third kappa shape index (κ3) is 5.01. The maximum Gasteiger partial charge on any atom is 0.264 e. The smallest absolute Gasteiger partial charge is 0.264 e. The number of hydrogen-bond acceptors (Lipinski definition) is 7. The Bertz CT molecular complexity index is 1190. The zero-order valence-electron chi connectivity index (χ0n) is 16.4. The van der Waals surface area contributed by atoms with Crippen LogP contribution in [0.5, 0.6) is 11.5 Å². The van der Waals surface area contributed by atoms with Gasteiger partial charge in [0, 0.05) is 18.1 Å². The van der Waals surface area contributed by atoms with Crippen LogP contribution in [0, 0.1) is 0 Å². The molecule has 0 spiro atoms. The number of benzene rings is 2. The van der Waals surface area contributed by atoms with E-state index in [1.54, 1.807) is 18.2 Å². The van der Waals surface area contributed by atoms with Crippen LogP contribution in [0.4, 0.5) is 11.6 Å². The number of anilines is 2. The highest BCUT2D eigenvalue weighted by molar-refractivity contribution is 7.92. The monoisotopic (exact) mass is 457 g/mol. The number of thiocarbonyl (C=S) groups is 1. The number of hydrogen-bond donors (Lipinski definition) is 3. The molecule has 3 N–H and O–H groups in total. The fourth-order valence-corrected chi connectivity index (χ4v) is 4.13. The predicted octanol–water partition coefficient (Wildman–Crippen LogP) is 3.05. The van der Waals surface area contributed by atoms with E-state index >= 15 is 0 Å². The summed E-state index contributed by atoms with van der Waals surface area (Å²) in [6.07, 6.45) is 2.91. The second kappa shape index (κ2) is 8.74. The minimum atomic E-state index is -3.79. The first-order valence-electron chi connectivity index (χ1n) is 9.28. The zero-order valence-corrected chi connectivity index (χ0v) is 18.0. The van der Waals surface area contributed by atoms with Crippen LogP contribution >= 0.6 is 12.2 Å². The molecule has 3 aromatic rings. The van der Waals surface area contributed by atoms with Gasteiger partial charge in [0.25, 0.3) is 10.0 Å². The number of sulfonamides is 1. The number of nitrogens with one attached hydrogen (secondary N) is 3. The maximum atomic E-state index is 12.4. The molecule has 1 unspecified atom stereocenters. The van der Waals surface area contributed by atoms with Gasteiger partial charge in [0.15, 0.2) is 16.6 Å². The molecule has 0 radical (unpaired) electrons.